The van der Waals surface area contributed by atoms with Gasteiger partial charge >= 0.3 is 0 Å². The molecule has 7 nitrogen and oxygen atoms in total. The number of carbonyl (C=O) groups excluding carboxylic acids is 2. The van der Waals surface area contributed by atoms with Gasteiger partial charge in [-0.2, -0.15) is 0 Å². The Balaban J connectivity index is 0.000000662. The molecule has 7 heteroatoms. The van der Waals surface area contributed by atoms with Crippen molar-refractivity contribution >= 4 is 22.7 Å². The maximum atomic E-state index is 13.5. The first-order valence-electron chi connectivity index (χ1n) is 14.5. The van der Waals surface area contributed by atoms with Crippen LogP contribution in [0, 0.1) is 5.92 Å². The molecule has 38 heavy (non-hydrogen) atoms. The number of aryl methyl sites for hydroxylation is 1. The number of ether oxygens (including phenoxy) is 1. The standard InChI is InChI=1S/C27H36N4O3.C4H8.H2/c1-29-24-7-4-18(27(33)31-11-2-3-19(16-31)26(32)28-20-5-6-20)15-22(24)23-17-30(12-8-25(23)29)21-9-13-34-14-10-21;1-4(2)3;/h4,7,15,19-21H,2-3,5-6,8-14,16-17H2,1H3,(H,28,32);1H2,2-3H3;1H. The van der Waals surface area contributed by atoms with Gasteiger partial charge in [0, 0.05) is 88.5 Å². The molecule has 2 saturated heterocycles. The minimum atomic E-state index is -0.0838. The van der Waals surface area contributed by atoms with Crippen LogP contribution in [0.1, 0.15) is 75.4 Å². The van der Waals surface area contributed by atoms with Crippen molar-refractivity contribution in [3.8, 4) is 0 Å². The Morgan fingerprint density at radius 1 is 1.08 bits per heavy atom. The lowest BCUT2D eigenvalue weighted by Gasteiger charge is -2.37. The summed E-state index contributed by atoms with van der Waals surface area (Å²) in [6.45, 7) is 12.5. The average molecular weight is 523 g/mol. The predicted octanol–water partition coefficient (Wildman–Crippen LogP) is 4.67. The number of piperidine rings is 1. The molecule has 2 aromatic rings. The molecule has 1 saturated carbocycles. The molecule has 3 aliphatic heterocycles. The van der Waals surface area contributed by atoms with E-state index < -0.39 is 0 Å². The molecule has 6 rings (SSSR count). The Morgan fingerprint density at radius 2 is 1.82 bits per heavy atom. The largest absolute Gasteiger partial charge is 0.381 e. The number of hydrogen-bond acceptors (Lipinski definition) is 4. The second kappa shape index (κ2) is 11.6. The fourth-order valence-corrected chi connectivity index (χ4v) is 6.20. The van der Waals surface area contributed by atoms with Gasteiger partial charge in [0.1, 0.15) is 0 Å². The smallest absolute Gasteiger partial charge is 0.253 e. The van der Waals surface area contributed by atoms with E-state index in [0.717, 1.165) is 83.4 Å². The van der Waals surface area contributed by atoms with Gasteiger partial charge in [-0.05, 0) is 76.1 Å². The van der Waals surface area contributed by atoms with E-state index in [-0.39, 0.29) is 19.2 Å². The summed E-state index contributed by atoms with van der Waals surface area (Å²) in [6, 6.07) is 7.15. The van der Waals surface area contributed by atoms with E-state index in [4.69, 9.17) is 4.74 Å². The number of amides is 2. The fourth-order valence-electron chi connectivity index (χ4n) is 6.20. The minimum absolute atomic E-state index is 0. The Labute approximate surface area is 228 Å². The van der Waals surface area contributed by atoms with Crippen LogP contribution < -0.4 is 5.32 Å². The van der Waals surface area contributed by atoms with Crippen molar-refractivity contribution in [3.05, 3.63) is 47.2 Å². The van der Waals surface area contributed by atoms with Crippen molar-refractivity contribution in [3.63, 3.8) is 0 Å². The summed E-state index contributed by atoms with van der Waals surface area (Å²) < 4.78 is 7.90. The van der Waals surface area contributed by atoms with Gasteiger partial charge in [-0.1, -0.05) is 5.57 Å². The Hall–Kier alpha value is -2.64. The maximum Gasteiger partial charge on any atom is 0.253 e. The summed E-state index contributed by atoms with van der Waals surface area (Å²) in [5.41, 5.74) is 5.89. The highest BCUT2D eigenvalue weighted by Crippen LogP contribution is 2.33. The van der Waals surface area contributed by atoms with Gasteiger partial charge in [-0.3, -0.25) is 14.5 Å². The highest BCUT2D eigenvalue weighted by molar-refractivity contribution is 5.99. The number of aromatic nitrogens is 1. The van der Waals surface area contributed by atoms with Gasteiger partial charge in [-0.15, -0.1) is 6.58 Å². The van der Waals surface area contributed by atoms with Crippen LogP contribution in [0.25, 0.3) is 10.9 Å². The number of fused-ring (bicyclic) bond motifs is 3. The number of likely N-dealkylation sites (tertiary alicyclic amines) is 1. The molecule has 1 N–H and O–H groups in total. The lowest BCUT2D eigenvalue weighted by Crippen LogP contribution is -2.45. The molecule has 0 radical (unpaired) electrons. The van der Waals surface area contributed by atoms with Gasteiger partial charge in [0.15, 0.2) is 0 Å². The first kappa shape index (κ1) is 26.9. The van der Waals surface area contributed by atoms with Gasteiger partial charge in [-0.25, -0.2) is 0 Å². The van der Waals surface area contributed by atoms with Gasteiger partial charge in [0.2, 0.25) is 5.91 Å². The maximum absolute atomic E-state index is 13.5. The van der Waals surface area contributed by atoms with Crippen LogP contribution in [0.4, 0.5) is 0 Å². The molecule has 4 heterocycles. The third kappa shape index (κ3) is 5.99. The molecule has 2 amide bonds. The molecular weight excluding hydrogens is 476 g/mol. The lowest BCUT2D eigenvalue weighted by atomic mass is 9.96. The number of nitrogens with zero attached hydrogens (tertiary/aromatic N) is 3. The van der Waals surface area contributed by atoms with E-state index in [1.165, 1.54) is 27.7 Å². The molecule has 0 bridgehead atoms. The van der Waals surface area contributed by atoms with Gasteiger partial charge in [0.25, 0.3) is 5.91 Å². The summed E-state index contributed by atoms with van der Waals surface area (Å²) >= 11 is 0. The number of allylic oxidation sites excluding steroid dienone is 1. The second-order valence-electron chi connectivity index (χ2n) is 11.9. The Kier molecular flexibility index (Phi) is 8.24. The minimum Gasteiger partial charge on any atom is -0.381 e. The van der Waals surface area contributed by atoms with Crippen molar-refractivity contribution in [2.24, 2.45) is 13.0 Å². The van der Waals surface area contributed by atoms with Crippen molar-refractivity contribution in [1.29, 1.82) is 0 Å². The van der Waals surface area contributed by atoms with Crippen LogP contribution in [0.15, 0.2) is 30.4 Å². The molecule has 1 unspecified atom stereocenters. The van der Waals surface area contributed by atoms with Crippen molar-refractivity contribution in [1.82, 2.24) is 19.7 Å². The van der Waals surface area contributed by atoms with E-state index in [9.17, 15) is 9.59 Å². The topological polar surface area (TPSA) is 66.8 Å². The highest BCUT2D eigenvalue weighted by Gasteiger charge is 2.33. The van der Waals surface area contributed by atoms with Crippen LogP contribution in [-0.4, -0.2) is 71.1 Å². The van der Waals surface area contributed by atoms with E-state index in [1.807, 2.05) is 24.8 Å². The van der Waals surface area contributed by atoms with Gasteiger partial charge < -0.3 is 19.5 Å². The van der Waals surface area contributed by atoms with Crippen molar-refractivity contribution < 1.29 is 15.8 Å². The number of rotatable bonds is 4. The molecule has 3 fully saturated rings. The van der Waals surface area contributed by atoms with Crippen LogP contribution in [-0.2, 0) is 29.5 Å². The number of nitrogens with one attached hydrogen (secondary N) is 1. The normalized spacial score (nSPS) is 22.4. The molecule has 4 aliphatic rings. The number of benzene rings is 1. The molecule has 1 aliphatic carbocycles. The van der Waals surface area contributed by atoms with E-state index in [1.54, 1.807) is 0 Å². The monoisotopic (exact) mass is 522 g/mol. The van der Waals surface area contributed by atoms with Crippen LogP contribution in [0.3, 0.4) is 0 Å². The summed E-state index contributed by atoms with van der Waals surface area (Å²) in [7, 11) is 2.15. The third-order valence-corrected chi connectivity index (χ3v) is 8.39. The van der Waals surface area contributed by atoms with Crippen molar-refractivity contribution in [2.45, 2.75) is 77.4 Å². The number of carbonyl (C=O) groups is 2. The van der Waals surface area contributed by atoms with E-state index in [2.05, 4.69) is 40.5 Å². The molecule has 1 atom stereocenters. The Bertz CT molecular complexity index is 1190. The Morgan fingerprint density at radius 3 is 2.53 bits per heavy atom. The molecule has 208 valence electrons. The van der Waals surface area contributed by atoms with Crippen LogP contribution >= 0.6 is 0 Å². The highest BCUT2D eigenvalue weighted by atomic mass is 16.5. The zero-order valence-corrected chi connectivity index (χ0v) is 23.4. The first-order chi connectivity index (χ1) is 18.3. The lowest BCUT2D eigenvalue weighted by molar-refractivity contribution is -0.126. The first-order valence-corrected chi connectivity index (χ1v) is 14.5. The summed E-state index contributed by atoms with van der Waals surface area (Å²) in [5.74, 6) is 0.0980. The molecular formula is C31H46N4O3. The summed E-state index contributed by atoms with van der Waals surface area (Å²) in [6.07, 6.45) is 7.20. The second-order valence-corrected chi connectivity index (χ2v) is 11.9. The summed E-state index contributed by atoms with van der Waals surface area (Å²) in [5, 5.41) is 4.33. The van der Waals surface area contributed by atoms with Crippen LogP contribution in [0.2, 0.25) is 0 Å². The molecule has 0 spiro atoms. The SMILES string of the molecule is C=C(C)C.Cn1c2c(c3cc(C(=O)N4CCCC(C(=O)NC5CC5)C4)ccc31)CN(C1CCOCC1)CC2.[HH]. The predicted molar refractivity (Wildman–Crippen MR) is 153 cm³/mol. The fraction of sp³-hybridized carbons (Fsp3) is 0.613. The zero-order chi connectivity index (χ0) is 26.8. The molecule has 1 aromatic heterocycles. The van der Waals surface area contributed by atoms with E-state index >= 15 is 0 Å². The zero-order valence-electron chi connectivity index (χ0n) is 23.4. The number of hydrogen-bond donors (Lipinski definition) is 1. The quantitative estimate of drug-likeness (QED) is 0.593. The van der Waals surface area contributed by atoms with E-state index in [0.29, 0.717) is 18.6 Å². The van der Waals surface area contributed by atoms with Gasteiger partial charge in [0.05, 0.1) is 5.92 Å². The summed E-state index contributed by atoms with van der Waals surface area (Å²) in [4.78, 5) is 30.6. The molecule has 1 aromatic carbocycles. The average Bonchev–Trinajstić information content (AvgIpc) is 3.71. The third-order valence-electron chi connectivity index (χ3n) is 8.39. The van der Waals surface area contributed by atoms with Crippen molar-refractivity contribution in [2.75, 3.05) is 32.8 Å². The van der Waals surface area contributed by atoms with Crippen LogP contribution in [0.5, 0.6) is 0 Å².